The van der Waals surface area contributed by atoms with E-state index in [1.807, 2.05) is 0 Å². The quantitative estimate of drug-likeness (QED) is 0.0261. The number of carbonyl (C=O) groups excluding carboxylic acids is 3. The van der Waals surface area contributed by atoms with Crippen LogP contribution in [-0.2, 0) is 28.6 Å². The highest BCUT2D eigenvalue weighted by Crippen LogP contribution is 2.17. The molecule has 0 saturated heterocycles. The lowest BCUT2D eigenvalue weighted by Crippen LogP contribution is -2.30. The van der Waals surface area contributed by atoms with Crippen LogP contribution in [0.4, 0.5) is 0 Å². The van der Waals surface area contributed by atoms with Gasteiger partial charge < -0.3 is 14.2 Å². The molecule has 0 radical (unpaired) electrons. The van der Waals surface area contributed by atoms with Crippen LogP contribution in [0.2, 0.25) is 0 Å². The molecule has 0 aromatic carbocycles. The van der Waals surface area contributed by atoms with Crippen molar-refractivity contribution in [3.8, 4) is 0 Å². The molecule has 0 aliphatic rings. The monoisotopic (exact) mass is 1140 g/mol. The average molecular weight is 1140 g/mol. The molecule has 0 aromatic heterocycles. The number of ether oxygens (including phenoxy) is 3. The summed E-state index contributed by atoms with van der Waals surface area (Å²) in [5.74, 6) is -0.878. The van der Waals surface area contributed by atoms with Gasteiger partial charge in [-0.1, -0.05) is 316 Å². The molecule has 0 saturated carbocycles. The third-order valence-electron chi connectivity index (χ3n) is 14.7. The normalized spacial score (nSPS) is 12.9. The Hall–Kier alpha value is -4.19. The minimum absolute atomic E-state index is 0.0793. The van der Waals surface area contributed by atoms with Gasteiger partial charge in [0.2, 0.25) is 0 Å². The molecule has 0 fully saturated rings. The van der Waals surface area contributed by atoms with Crippen LogP contribution in [0.1, 0.15) is 323 Å². The summed E-state index contributed by atoms with van der Waals surface area (Å²) < 4.78 is 17.0. The van der Waals surface area contributed by atoms with Crippen molar-refractivity contribution >= 4 is 17.9 Å². The molecule has 6 nitrogen and oxygen atoms in total. The van der Waals surface area contributed by atoms with Gasteiger partial charge >= 0.3 is 17.9 Å². The van der Waals surface area contributed by atoms with Gasteiger partial charge in [-0.2, -0.15) is 0 Å². The Labute approximate surface area is 507 Å². The van der Waals surface area contributed by atoms with Gasteiger partial charge in [0.05, 0.1) is 0 Å². The second-order valence-electron chi connectivity index (χ2n) is 22.7. The number of unbranched alkanes of at least 4 members (excludes halogenated alkanes) is 31. The molecule has 0 rings (SSSR count). The van der Waals surface area contributed by atoms with Crippen molar-refractivity contribution in [3.63, 3.8) is 0 Å². The van der Waals surface area contributed by atoms with Gasteiger partial charge in [0.1, 0.15) is 13.2 Å². The Morgan fingerprint density at radius 2 is 0.476 bits per heavy atom. The first kappa shape index (κ1) is 77.8. The van der Waals surface area contributed by atoms with E-state index in [1.165, 1.54) is 161 Å². The van der Waals surface area contributed by atoms with Crippen LogP contribution in [-0.4, -0.2) is 37.2 Å². The molecule has 1 atom stereocenters. The predicted molar refractivity (Wildman–Crippen MR) is 357 cm³/mol. The predicted octanol–water partition coefficient (Wildman–Crippen LogP) is 23.9. The first-order chi connectivity index (χ1) is 40.5. The molecule has 0 heterocycles. The van der Waals surface area contributed by atoms with Crippen LogP contribution >= 0.6 is 0 Å². The zero-order valence-electron chi connectivity index (χ0n) is 53.7. The molecule has 6 heteroatoms. The van der Waals surface area contributed by atoms with Crippen LogP contribution in [0.15, 0.2) is 122 Å². The highest BCUT2D eigenvalue weighted by Gasteiger charge is 2.19. The van der Waals surface area contributed by atoms with E-state index in [0.29, 0.717) is 19.3 Å². The number of rotatable bonds is 62. The van der Waals surface area contributed by atoms with Crippen molar-refractivity contribution in [1.82, 2.24) is 0 Å². The van der Waals surface area contributed by atoms with Crippen molar-refractivity contribution in [2.45, 2.75) is 329 Å². The summed E-state index contributed by atoms with van der Waals surface area (Å²) in [6.45, 7) is 6.43. The lowest BCUT2D eigenvalue weighted by atomic mass is 10.0. The van der Waals surface area contributed by atoms with E-state index in [2.05, 4.69) is 142 Å². The minimum Gasteiger partial charge on any atom is -0.462 e. The summed E-state index contributed by atoms with van der Waals surface area (Å²) in [6, 6.07) is 0. The fourth-order valence-corrected chi connectivity index (χ4v) is 9.62. The van der Waals surface area contributed by atoms with Gasteiger partial charge in [-0.05, 0) is 109 Å². The van der Waals surface area contributed by atoms with Gasteiger partial charge in [-0.15, -0.1) is 0 Å². The first-order valence-electron chi connectivity index (χ1n) is 34.5. The maximum atomic E-state index is 12.9. The molecule has 0 bridgehead atoms. The van der Waals surface area contributed by atoms with Crippen molar-refractivity contribution in [2.24, 2.45) is 0 Å². The van der Waals surface area contributed by atoms with E-state index in [9.17, 15) is 14.4 Å². The average Bonchev–Trinajstić information content (AvgIpc) is 3.47. The summed E-state index contributed by atoms with van der Waals surface area (Å²) in [5.41, 5.74) is 0. The lowest BCUT2D eigenvalue weighted by Gasteiger charge is -2.18. The zero-order chi connectivity index (χ0) is 59.2. The van der Waals surface area contributed by atoms with Crippen molar-refractivity contribution in [2.75, 3.05) is 13.2 Å². The van der Waals surface area contributed by atoms with Gasteiger partial charge in [0.25, 0.3) is 0 Å². The van der Waals surface area contributed by atoms with Crippen molar-refractivity contribution < 1.29 is 28.6 Å². The molecule has 0 spiro atoms. The van der Waals surface area contributed by atoms with E-state index in [4.69, 9.17) is 14.2 Å². The fraction of sp³-hybridized carbons (Fsp3) is 0.697. The van der Waals surface area contributed by atoms with E-state index < -0.39 is 6.10 Å². The summed E-state index contributed by atoms with van der Waals surface area (Å²) >= 11 is 0. The molecule has 0 aliphatic carbocycles. The third kappa shape index (κ3) is 66.6. The Bertz CT molecular complexity index is 1690. The number of carbonyl (C=O) groups is 3. The molecule has 0 aromatic rings. The first-order valence-corrected chi connectivity index (χ1v) is 34.5. The summed E-state index contributed by atoms with van der Waals surface area (Å²) in [6.07, 6.45) is 96.4. The number of hydrogen-bond acceptors (Lipinski definition) is 6. The van der Waals surface area contributed by atoms with E-state index in [0.717, 1.165) is 122 Å². The highest BCUT2D eigenvalue weighted by molar-refractivity contribution is 5.71. The molecule has 0 N–H and O–H groups in total. The Balaban J connectivity index is 4.29. The van der Waals surface area contributed by atoms with Gasteiger partial charge in [-0.3, -0.25) is 14.4 Å². The SMILES string of the molecule is CC/C=C\C/C=C\C/C=C\C/C=C\C/C=C\C/C=C\CCCCCCCCCCCCC(=O)OCC(COC(=O)CCCCCCCCCCCCCC)OC(=O)CCCCCCCCCCCC/C=C\C/C=C\C/C=C\C/C=C\CC. The van der Waals surface area contributed by atoms with E-state index in [1.54, 1.807) is 0 Å². The van der Waals surface area contributed by atoms with Gasteiger partial charge in [-0.25, -0.2) is 0 Å². The Morgan fingerprint density at radius 1 is 0.256 bits per heavy atom. The van der Waals surface area contributed by atoms with Crippen LogP contribution in [0.25, 0.3) is 0 Å². The molecule has 468 valence electrons. The third-order valence-corrected chi connectivity index (χ3v) is 14.7. The molecule has 1 unspecified atom stereocenters. The Morgan fingerprint density at radius 3 is 0.744 bits per heavy atom. The van der Waals surface area contributed by atoms with Crippen LogP contribution in [0, 0.1) is 0 Å². The summed E-state index contributed by atoms with van der Waals surface area (Å²) in [4.78, 5) is 38.4. The van der Waals surface area contributed by atoms with Crippen LogP contribution in [0.3, 0.4) is 0 Å². The number of esters is 3. The second kappa shape index (κ2) is 69.3. The Kier molecular flexibility index (Phi) is 65.8. The van der Waals surface area contributed by atoms with Crippen molar-refractivity contribution in [1.29, 1.82) is 0 Å². The maximum Gasteiger partial charge on any atom is 0.306 e. The topological polar surface area (TPSA) is 78.9 Å². The van der Waals surface area contributed by atoms with Gasteiger partial charge in [0.15, 0.2) is 6.10 Å². The zero-order valence-corrected chi connectivity index (χ0v) is 53.7. The lowest BCUT2D eigenvalue weighted by molar-refractivity contribution is -0.167. The number of hydrogen-bond donors (Lipinski definition) is 0. The molecule has 0 aliphatic heterocycles. The number of allylic oxidation sites excluding steroid dienone is 20. The molecule has 0 amide bonds. The summed E-state index contributed by atoms with van der Waals surface area (Å²) in [7, 11) is 0. The molecule has 82 heavy (non-hydrogen) atoms. The fourth-order valence-electron chi connectivity index (χ4n) is 9.62. The smallest absolute Gasteiger partial charge is 0.306 e. The van der Waals surface area contributed by atoms with E-state index >= 15 is 0 Å². The van der Waals surface area contributed by atoms with E-state index in [-0.39, 0.29) is 31.1 Å². The summed E-state index contributed by atoms with van der Waals surface area (Å²) in [5, 5.41) is 0. The maximum absolute atomic E-state index is 12.9. The van der Waals surface area contributed by atoms with Crippen LogP contribution < -0.4 is 0 Å². The van der Waals surface area contributed by atoms with Gasteiger partial charge in [0, 0.05) is 19.3 Å². The minimum atomic E-state index is -0.784. The van der Waals surface area contributed by atoms with Crippen LogP contribution in [0.5, 0.6) is 0 Å². The highest BCUT2D eigenvalue weighted by atomic mass is 16.6. The largest absolute Gasteiger partial charge is 0.462 e. The molecular formula is C76H128O6. The second-order valence-corrected chi connectivity index (χ2v) is 22.7. The standard InChI is InChI=1S/C76H128O6/c1-4-7-10-13-16-19-22-25-27-29-31-33-35-36-37-38-39-40-42-43-45-47-49-51-54-57-60-63-66-69-75(78)81-72-73(71-80-74(77)68-65-62-59-56-53-24-21-18-15-12-9-6-3)82-76(79)70-67-64-61-58-55-52-50-48-46-44-41-34-32-30-28-26-23-20-17-14-11-8-5-2/h7-8,10-11,16-17,19-20,25-28,31-34,36-37,39-40,73H,4-6,9,12-15,18,21-24,29-30,35,38,41-72H2,1-3H3/b10-7-,11-8-,19-16-,20-17-,27-25-,28-26-,33-31-,34-32-,37-36-,40-39-. The van der Waals surface area contributed by atoms with Crippen molar-refractivity contribution in [3.05, 3.63) is 122 Å². The molecular weight excluding hydrogens is 1010 g/mol.